The van der Waals surface area contributed by atoms with E-state index in [1.54, 1.807) is 0 Å². The van der Waals surface area contributed by atoms with E-state index in [9.17, 15) is 4.79 Å². The summed E-state index contributed by atoms with van der Waals surface area (Å²) in [4.78, 5) is 12.4. The fourth-order valence-corrected chi connectivity index (χ4v) is 2.80. The van der Waals surface area contributed by atoms with Crippen LogP contribution in [0.5, 0.6) is 0 Å². The van der Waals surface area contributed by atoms with E-state index in [1.807, 2.05) is 60.7 Å². The number of para-hydroxylation sites is 1. The minimum Gasteiger partial charge on any atom is -0.470 e. The highest BCUT2D eigenvalue weighted by atomic mass is 16.7. The first-order chi connectivity index (χ1) is 11.8. The van der Waals surface area contributed by atoms with Crippen LogP contribution in [0.2, 0.25) is 0 Å². The maximum Gasteiger partial charge on any atom is 0.195 e. The van der Waals surface area contributed by atoms with Crippen molar-refractivity contribution in [3.63, 3.8) is 0 Å². The number of hydrogen-bond acceptors (Lipinski definition) is 5. The van der Waals surface area contributed by atoms with E-state index in [0.29, 0.717) is 12.5 Å². The van der Waals surface area contributed by atoms with E-state index in [2.05, 4.69) is 5.32 Å². The van der Waals surface area contributed by atoms with E-state index in [1.165, 1.54) is 6.08 Å². The maximum atomic E-state index is 12.4. The Hall–Kier alpha value is -2.63. The van der Waals surface area contributed by atoms with Crippen LogP contribution in [0, 0.1) is 0 Å². The molecule has 0 bridgehead atoms. The summed E-state index contributed by atoms with van der Waals surface area (Å²) in [5.41, 5.74) is 1.75. The van der Waals surface area contributed by atoms with Gasteiger partial charge in [0.1, 0.15) is 0 Å². The van der Waals surface area contributed by atoms with Crippen molar-refractivity contribution in [3.05, 3.63) is 78.2 Å². The molecule has 4 rings (SSSR count). The summed E-state index contributed by atoms with van der Waals surface area (Å²) in [5.74, 6) is 0.298. The summed E-state index contributed by atoms with van der Waals surface area (Å²) < 4.78 is 17.4. The minimum atomic E-state index is -0.648. The van der Waals surface area contributed by atoms with Gasteiger partial charge in [-0.1, -0.05) is 48.5 Å². The van der Waals surface area contributed by atoms with Gasteiger partial charge in [-0.15, -0.1) is 0 Å². The van der Waals surface area contributed by atoms with Crippen LogP contribution in [0.25, 0.3) is 0 Å². The number of ketones is 1. The Labute approximate surface area is 139 Å². The standard InChI is InChI=1S/C19H17NO4/c21-15-11-17(20-14-9-5-2-6-10-14)23-16-12-22-19(24-18(15)16)13-7-3-1-4-8-13/h1-11,16,18-20H,12H2/t16-,18+,19-/m1/s1. The lowest BCUT2D eigenvalue weighted by Crippen LogP contribution is -2.49. The summed E-state index contributed by atoms with van der Waals surface area (Å²) in [6.45, 7) is 0.295. The molecular weight excluding hydrogens is 306 g/mol. The van der Waals surface area contributed by atoms with Crippen LogP contribution >= 0.6 is 0 Å². The fraction of sp³-hybridized carbons (Fsp3) is 0.211. The van der Waals surface area contributed by atoms with Gasteiger partial charge in [-0.05, 0) is 12.1 Å². The molecule has 0 saturated carbocycles. The second-order valence-electron chi connectivity index (χ2n) is 5.69. The zero-order chi connectivity index (χ0) is 16.4. The van der Waals surface area contributed by atoms with Crippen LogP contribution < -0.4 is 5.32 Å². The van der Waals surface area contributed by atoms with Crippen molar-refractivity contribution in [2.24, 2.45) is 0 Å². The molecule has 2 aliphatic rings. The second kappa shape index (κ2) is 6.47. The Morgan fingerprint density at radius 3 is 2.42 bits per heavy atom. The summed E-state index contributed by atoms with van der Waals surface area (Å²) in [6.07, 6.45) is -0.197. The van der Waals surface area contributed by atoms with Gasteiger partial charge < -0.3 is 19.5 Å². The van der Waals surface area contributed by atoms with Crippen molar-refractivity contribution in [3.8, 4) is 0 Å². The maximum absolute atomic E-state index is 12.4. The molecule has 5 nitrogen and oxygen atoms in total. The topological polar surface area (TPSA) is 56.8 Å². The zero-order valence-corrected chi connectivity index (χ0v) is 12.9. The Morgan fingerprint density at radius 1 is 0.958 bits per heavy atom. The summed E-state index contributed by atoms with van der Waals surface area (Å²) >= 11 is 0. The molecule has 0 spiro atoms. The molecule has 0 aliphatic carbocycles. The van der Waals surface area contributed by atoms with Crippen LogP contribution in [0.3, 0.4) is 0 Å². The van der Waals surface area contributed by atoms with Gasteiger partial charge in [-0.25, -0.2) is 0 Å². The Kier molecular flexibility index (Phi) is 4.02. The van der Waals surface area contributed by atoms with Gasteiger partial charge in [0.15, 0.2) is 30.2 Å². The second-order valence-corrected chi connectivity index (χ2v) is 5.69. The lowest BCUT2D eigenvalue weighted by atomic mass is 10.1. The van der Waals surface area contributed by atoms with E-state index in [-0.39, 0.29) is 5.78 Å². The average Bonchev–Trinajstić information content (AvgIpc) is 2.63. The SMILES string of the molecule is O=C1C=C(Nc2ccccc2)O[C@@H]2CO[C@@H](c3ccccc3)O[C@@H]12. The largest absolute Gasteiger partial charge is 0.470 e. The third-order valence-electron chi connectivity index (χ3n) is 3.96. The van der Waals surface area contributed by atoms with Crippen LogP contribution in [-0.4, -0.2) is 24.6 Å². The molecule has 2 aromatic rings. The van der Waals surface area contributed by atoms with Crippen LogP contribution in [-0.2, 0) is 19.0 Å². The molecule has 1 fully saturated rings. The van der Waals surface area contributed by atoms with Crippen LogP contribution in [0.1, 0.15) is 11.9 Å². The van der Waals surface area contributed by atoms with Gasteiger partial charge in [0.25, 0.3) is 0 Å². The highest BCUT2D eigenvalue weighted by molar-refractivity contribution is 5.95. The molecule has 24 heavy (non-hydrogen) atoms. The molecule has 2 aliphatic heterocycles. The molecule has 1 N–H and O–H groups in total. The number of carbonyl (C=O) groups excluding carboxylic acids is 1. The van der Waals surface area contributed by atoms with Crippen molar-refractivity contribution in [2.75, 3.05) is 11.9 Å². The van der Waals surface area contributed by atoms with Gasteiger partial charge >= 0.3 is 0 Å². The normalized spacial score (nSPS) is 26.1. The number of ether oxygens (including phenoxy) is 3. The van der Waals surface area contributed by atoms with Gasteiger partial charge in [0.05, 0.1) is 6.61 Å². The number of anilines is 1. The van der Waals surface area contributed by atoms with Gasteiger partial charge in [-0.3, -0.25) is 4.79 Å². The van der Waals surface area contributed by atoms with Crippen molar-refractivity contribution < 1.29 is 19.0 Å². The monoisotopic (exact) mass is 323 g/mol. The first-order valence-electron chi connectivity index (χ1n) is 7.86. The predicted molar refractivity (Wildman–Crippen MR) is 88.0 cm³/mol. The van der Waals surface area contributed by atoms with Crippen molar-refractivity contribution >= 4 is 11.5 Å². The first kappa shape index (κ1) is 14.9. The number of benzene rings is 2. The fourth-order valence-electron chi connectivity index (χ4n) is 2.80. The third kappa shape index (κ3) is 3.04. The lowest BCUT2D eigenvalue weighted by molar-refractivity contribution is -0.254. The van der Waals surface area contributed by atoms with E-state index >= 15 is 0 Å². The molecule has 0 unspecified atom stereocenters. The average molecular weight is 323 g/mol. The Morgan fingerprint density at radius 2 is 1.67 bits per heavy atom. The molecule has 0 aromatic heterocycles. The highest BCUT2D eigenvalue weighted by Crippen LogP contribution is 2.31. The minimum absolute atomic E-state index is 0.117. The number of fused-ring (bicyclic) bond motifs is 1. The van der Waals surface area contributed by atoms with E-state index in [0.717, 1.165) is 11.3 Å². The van der Waals surface area contributed by atoms with Crippen LogP contribution in [0.4, 0.5) is 5.69 Å². The molecule has 0 amide bonds. The van der Waals surface area contributed by atoms with E-state index in [4.69, 9.17) is 14.2 Å². The number of nitrogens with one attached hydrogen (secondary N) is 1. The molecule has 3 atom stereocenters. The summed E-state index contributed by atoms with van der Waals surface area (Å²) in [7, 11) is 0. The summed E-state index contributed by atoms with van der Waals surface area (Å²) in [5, 5.41) is 3.09. The van der Waals surface area contributed by atoms with Crippen molar-refractivity contribution in [1.29, 1.82) is 0 Å². The molecular formula is C19H17NO4. The quantitative estimate of drug-likeness (QED) is 0.941. The van der Waals surface area contributed by atoms with Crippen molar-refractivity contribution in [2.45, 2.75) is 18.5 Å². The predicted octanol–water partition coefficient (Wildman–Crippen LogP) is 3.02. The molecule has 1 saturated heterocycles. The number of carbonyl (C=O) groups is 1. The highest BCUT2D eigenvalue weighted by Gasteiger charge is 2.41. The van der Waals surface area contributed by atoms with Gasteiger partial charge in [0.2, 0.25) is 0 Å². The first-order valence-corrected chi connectivity index (χ1v) is 7.86. The molecule has 122 valence electrons. The Bertz CT molecular complexity index is 744. The smallest absolute Gasteiger partial charge is 0.195 e. The number of rotatable bonds is 3. The van der Waals surface area contributed by atoms with E-state index < -0.39 is 18.5 Å². The summed E-state index contributed by atoms with van der Waals surface area (Å²) in [6, 6.07) is 19.1. The van der Waals surface area contributed by atoms with Gasteiger partial charge in [-0.2, -0.15) is 0 Å². The third-order valence-corrected chi connectivity index (χ3v) is 3.96. The van der Waals surface area contributed by atoms with Crippen molar-refractivity contribution in [1.82, 2.24) is 0 Å². The molecule has 2 heterocycles. The van der Waals surface area contributed by atoms with Crippen LogP contribution in [0.15, 0.2) is 72.6 Å². The molecule has 5 heteroatoms. The Balaban J connectivity index is 1.48. The number of hydrogen-bond donors (Lipinski definition) is 1. The van der Waals surface area contributed by atoms with Gasteiger partial charge in [0, 0.05) is 17.3 Å². The molecule has 2 aromatic carbocycles. The zero-order valence-electron chi connectivity index (χ0n) is 12.9. The lowest BCUT2D eigenvalue weighted by Gasteiger charge is -2.38. The molecule has 0 radical (unpaired) electrons.